The van der Waals surface area contributed by atoms with Crippen molar-refractivity contribution in [3.63, 3.8) is 0 Å². The van der Waals surface area contributed by atoms with E-state index in [0.29, 0.717) is 36.4 Å². The van der Waals surface area contributed by atoms with Gasteiger partial charge in [-0.25, -0.2) is 4.98 Å². The van der Waals surface area contributed by atoms with Gasteiger partial charge >= 0.3 is 0 Å². The summed E-state index contributed by atoms with van der Waals surface area (Å²) in [5.74, 6) is 1.46. The van der Waals surface area contributed by atoms with E-state index in [2.05, 4.69) is 16.7 Å². The maximum atomic E-state index is 12.8. The highest BCUT2D eigenvalue weighted by Gasteiger charge is 2.48. The summed E-state index contributed by atoms with van der Waals surface area (Å²) >= 11 is 0. The fourth-order valence-electron chi connectivity index (χ4n) is 6.29. The first-order valence-electron chi connectivity index (χ1n) is 11.6. The Bertz CT molecular complexity index is 1020. The van der Waals surface area contributed by atoms with E-state index in [1.165, 1.54) is 6.42 Å². The van der Waals surface area contributed by atoms with Crippen LogP contribution in [0.5, 0.6) is 0 Å². The lowest BCUT2D eigenvalue weighted by Gasteiger charge is -2.56. The van der Waals surface area contributed by atoms with Crippen LogP contribution in [0, 0.1) is 18.8 Å². The summed E-state index contributed by atoms with van der Waals surface area (Å²) in [5.41, 5.74) is 2.62. The number of amides is 1. The average Bonchev–Trinajstić information content (AvgIpc) is 2.72. The Hall–Kier alpha value is -2.21. The molecule has 160 valence electrons. The Morgan fingerprint density at radius 1 is 1.20 bits per heavy atom. The predicted molar refractivity (Wildman–Crippen MR) is 116 cm³/mol. The summed E-state index contributed by atoms with van der Waals surface area (Å²) < 4.78 is 1.63. The van der Waals surface area contributed by atoms with Crippen molar-refractivity contribution >= 4 is 11.6 Å². The van der Waals surface area contributed by atoms with Crippen molar-refractivity contribution in [1.82, 2.24) is 19.2 Å². The summed E-state index contributed by atoms with van der Waals surface area (Å²) in [6.45, 7) is 6.93. The number of carbonyl (C=O) groups excluding carboxylic acids is 1. The minimum atomic E-state index is -0.0104. The summed E-state index contributed by atoms with van der Waals surface area (Å²) in [6.07, 6.45) is 8.14. The van der Waals surface area contributed by atoms with Crippen molar-refractivity contribution < 1.29 is 4.79 Å². The highest BCUT2D eigenvalue weighted by Crippen LogP contribution is 2.43. The van der Waals surface area contributed by atoms with Gasteiger partial charge in [-0.1, -0.05) is 19.4 Å². The van der Waals surface area contributed by atoms with Crippen molar-refractivity contribution in [3.8, 4) is 0 Å². The average molecular weight is 409 g/mol. The Morgan fingerprint density at radius 2 is 2.03 bits per heavy atom. The number of pyridine rings is 1. The fraction of sp³-hybridized carbons (Fsp3) is 0.625. The summed E-state index contributed by atoms with van der Waals surface area (Å²) in [7, 11) is 0. The van der Waals surface area contributed by atoms with Crippen LogP contribution in [0.4, 0.5) is 0 Å². The standard InChI is InChI=1S/C24H32N4O2/c1-3-6-20-17-11-18(21-8-4-9-22(29)28(20)21)14-26(13-17)15-19-12-23(30)27-10-5-7-16(2)24(27)25-19/h5,7,10,12,17-18,20-21H,3-4,6,8-9,11,13-15H2,1-2H3/t17-,18+,20-,21-/m0/s1. The fourth-order valence-corrected chi connectivity index (χ4v) is 6.29. The Kier molecular flexibility index (Phi) is 5.13. The van der Waals surface area contributed by atoms with Gasteiger partial charge < -0.3 is 4.90 Å². The third-order valence-electron chi connectivity index (χ3n) is 7.48. The second-order valence-electron chi connectivity index (χ2n) is 9.54. The molecule has 5 rings (SSSR count). The third kappa shape index (κ3) is 3.35. The number of nitrogens with zero attached hydrogens (tertiary/aromatic N) is 4. The number of fused-ring (bicyclic) bond motifs is 5. The minimum Gasteiger partial charge on any atom is -0.336 e. The van der Waals surface area contributed by atoms with Gasteiger partial charge in [0, 0.05) is 50.4 Å². The van der Waals surface area contributed by atoms with E-state index in [0.717, 1.165) is 62.1 Å². The van der Waals surface area contributed by atoms with E-state index in [1.54, 1.807) is 16.7 Å². The van der Waals surface area contributed by atoms with Crippen LogP contribution in [-0.4, -0.2) is 50.3 Å². The van der Waals surface area contributed by atoms with Crippen LogP contribution in [0.15, 0.2) is 29.2 Å². The van der Waals surface area contributed by atoms with Gasteiger partial charge in [-0.15, -0.1) is 0 Å². The molecule has 3 fully saturated rings. The van der Waals surface area contributed by atoms with Crippen molar-refractivity contribution in [2.75, 3.05) is 13.1 Å². The summed E-state index contributed by atoms with van der Waals surface area (Å²) in [4.78, 5) is 35.0. The van der Waals surface area contributed by atoms with E-state index >= 15 is 0 Å². The Balaban J connectivity index is 1.41. The van der Waals surface area contributed by atoms with Crippen LogP contribution in [-0.2, 0) is 11.3 Å². The molecule has 4 atom stereocenters. The molecule has 2 bridgehead atoms. The maximum absolute atomic E-state index is 12.8. The van der Waals surface area contributed by atoms with Gasteiger partial charge in [0.15, 0.2) is 0 Å². The van der Waals surface area contributed by atoms with Crippen molar-refractivity contribution in [3.05, 3.63) is 46.0 Å². The number of aryl methyl sites for hydroxylation is 1. The molecule has 3 aliphatic rings. The molecule has 0 radical (unpaired) electrons. The van der Waals surface area contributed by atoms with E-state index in [-0.39, 0.29) is 5.56 Å². The first-order valence-corrected chi connectivity index (χ1v) is 11.6. The molecule has 0 spiro atoms. The van der Waals surface area contributed by atoms with Crippen LogP contribution in [0.3, 0.4) is 0 Å². The predicted octanol–water partition coefficient (Wildman–Crippen LogP) is 3.00. The third-order valence-corrected chi connectivity index (χ3v) is 7.48. The van der Waals surface area contributed by atoms with Gasteiger partial charge in [0.1, 0.15) is 5.65 Å². The molecule has 2 aromatic heterocycles. The number of likely N-dealkylation sites (tertiary alicyclic amines) is 1. The SMILES string of the molecule is CCC[C@H]1[C@H]2C[C@H](CN(Cc3cc(=O)n4cccc(C)c4n3)C2)[C@@H]2CCCC(=O)N21. The number of hydrogen-bond donors (Lipinski definition) is 0. The molecule has 6 nitrogen and oxygen atoms in total. The lowest BCUT2D eigenvalue weighted by molar-refractivity contribution is -0.153. The normalized spacial score (nSPS) is 29.3. The van der Waals surface area contributed by atoms with Gasteiger partial charge in [-0.3, -0.25) is 18.9 Å². The van der Waals surface area contributed by atoms with E-state index in [9.17, 15) is 9.59 Å². The molecule has 0 aromatic carbocycles. The van der Waals surface area contributed by atoms with Gasteiger partial charge in [-0.05, 0) is 56.1 Å². The summed E-state index contributed by atoms with van der Waals surface area (Å²) in [5, 5.41) is 0. The molecule has 0 N–H and O–H groups in total. The smallest absolute Gasteiger partial charge is 0.258 e. The van der Waals surface area contributed by atoms with Crippen molar-refractivity contribution in [1.29, 1.82) is 0 Å². The monoisotopic (exact) mass is 408 g/mol. The number of hydrogen-bond acceptors (Lipinski definition) is 4. The first-order chi connectivity index (χ1) is 14.5. The topological polar surface area (TPSA) is 57.9 Å². The van der Waals surface area contributed by atoms with E-state index in [1.807, 2.05) is 19.1 Å². The molecule has 0 aliphatic carbocycles. The lowest BCUT2D eigenvalue weighted by Crippen LogP contribution is -2.64. The lowest BCUT2D eigenvalue weighted by atomic mass is 9.71. The molecule has 6 heteroatoms. The molecule has 0 unspecified atom stereocenters. The number of aromatic nitrogens is 2. The first kappa shape index (κ1) is 19.7. The molecular formula is C24H32N4O2. The zero-order chi connectivity index (χ0) is 20.8. The highest BCUT2D eigenvalue weighted by molar-refractivity contribution is 5.78. The van der Waals surface area contributed by atoms with E-state index in [4.69, 9.17) is 4.98 Å². The Labute approximate surface area is 177 Å². The zero-order valence-corrected chi connectivity index (χ0v) is 18.1. The van der Waals surface area contributed by atoms with Gasteiger partial charge in [0.25, 0.3) is 5.56 Å². The maximum Gasteiger partial charge on any atom is 0.258 e. The molecule has 30 heavy (non-hydrogen) atoms. The summed E-state index contributed by atoms with van der Waals surface area (Å²) in [6, 6.07) is 6.36. The van der Waals surface area contributed by atoms with Crippen LogP contribution < -0.4 is 5.56 Å². The molecule has 3 aliphatic heterocycles. The molecule has 0 saturated carbocycles. The number of carbonyl (C=O) groups is 1. The second kappa shape index (κ2) is 7.80. The molecule has 3 saturated heterocycles. The van der Waals surface area contributed by atoms with Gasteiger partial charge in [0.05, 0.1) is 5.69 Å². The van der Waals surface area contributed by atoms with Gasteiger partial charge in [0.2, 0.25) is 5.91 Å². The van der Waals surface area contributed by atoms with Gasteiger partial charge in [-0.2, -0.15) is 0 Å². The molecular weight excluding hydrogens is 376 g/mol. The highest BCUT2D eigenvalue weighted by atomic mass is 16.2. The van der Waals surface area contributed by atoms with Crippen molar-refractivity contribution in [2.24, 2.45) is 11.8 Å². The van der Waals surface area contributed by atoms with Crippen LogP contribution >= 0.6 is 0 Å². The molecule has 2 aromatic rings. The van der Waals surface area contributed by atoms with Crippen LogP contribution in [0.1, 0.15) is 56.7 Å². The van der Waals surface area contributed by atoms with Crippen LogP contribution in [0.25, 0.3) is 5.65 Å². The van der Waals surface area contributed by atoms with Crippen molar-refractivity contribution in [2.45, 2.75) is 71.0 Å². The Morgan fingerprint density at radius 3 is 2.87 bits per heavy atom. The zero-order valence-electron chi connectivity index (χ0n) is 18.1. The second-order valence-corrected chi connectivity index (χ2v) is 9.54. The van der Waals surface area contributed by atoms with Crippen LogP contribution in [0.2, 0.25) is 0 Å². The minimum absolute atomic E-state index is 0.0104. The number of rotatable bonds is 4. The largest absolute Gasteiger partial charge is 0.336 e. The quantitative estimate of drug-likeness (QED) is 0.780. The van der Waals surface area contributed by atoms with E-state index < -0.39 is 0 Å². The number of piperidine rings is 3. The molecule has 1 amide bonds. The molecule has 5 heterocycles.